The molecule has 0 aliphatic heterocycles. The van der Waals surface area contributed by atoms with Crippen LogP contribution in [0.25, 0.3) is 10.1 Å². The standard InChI is InChI=1S/C15H9ClF2OS/c16-12-4-3-9(17)6-11(12)15(19)14-5-8-1-2-10(18)7-13(8)20-14/h1-7,15,19H. The third-order valence-electron chi connectivity index (χ3n) is 3.02. The highest BCUT2D eigenvalue weighted by Gasteiger charge is 2.17. The second-order valence-electron chi connectivity index (χ2n) is 4.40. The highest BCUT2D eigenvalue weighted by atomic mass is 35.5. The second kappa shape index (κ2) is 5.13. The molecule has 20 heavy (non-hydrogen) atoms. The minimum atomic E-state index is -1.03. The molecule has 1 nitrogen and oxygen atoms in total. The van der Waals surface area contributed by atoms with E-state index in [1.54, 1.807) is 12.1 Å². The van der Waals surface area contributed by atoms with Gasteiger partial charge < -0.3 is 5.11 Å². The van der Waals surface area contributed by atoms with Crippen LogP contribution in [0.2, 0.25) is 5.02 Å². The minimum Gasteiger partial charge on any atom is -0.383 e. The van der Waals surface area contributed by atoms with Gasteiger partial charge >= 0.3 is 0 Å². The Bertz CT molecular complexity index is 785. The third kappa shape index (κ3) is 2.42. The molecule has 0 saturated carbocycles. The summed E-state index contributed by atoms with van der Waals surface area (Å²) in [7, 11) is 0. The first kappa shape index (κ1) is 13.5. The Kier molecular flexibility index (Phi) is 3.46. The SMILES string of the molecule is OC(c1cc2ccc(F)cc2s1)c1cc(F)ccc1Cl. The molecule has 1 unspecified atom stereocenters. The molecule has 5 heteroatoms. The number of rotatable bonds is 2. The molecule has 0 aliphatic carbocycles. The van der Waals surface area contributed by atoms with Gasteiger partial charge in [-0.15, -0.1) is 11.3 Å². The lowest BCUT2D eigenvalue weighted by molar-refractivity contribution is 0.224. The zero-order valence-electron chi connectivity index (χ0n) is 10.1. The van der Waals surface area contributed by atoms with Crippen LogP contribution in [-0.2, 0) is 0 Å². The number of halogens is 3. The predicted octanol–water partition coefficient (Wildman–Crippen LogP) is 4.91. The maximum absolute atomic E-state index is 13.3. The first-order chi connectivity index (χ1) is 9.54. The van der Waals surface area contributed by atoms with E-state index in [2.05, 4.69) is 0 Å². The lowest BCUT2D eigenvalue weighted by Crippen LogP contribution is -1.98. The van der Waals surface area contributed by atoms with Crippen LogP contribution in [0.1, 0.15) is 16.5 Å². The van der Waals surface area contributed by atoms with Gasteiger partial charge in [-0.05, 0) is 41.8 Å². The topological polar surface area (TPSA) is 20.2 Å². The molecule has 0 bridgehead atoms. The highest BCUT2D eigenvalue weighted by molar-refractivity contribution is 7.19. The lowest BCUT2D eigenvalue weighted by atomic mass is 10.1. The van der Waals surface area contributed by atoms with Crippen molar-refractivity contribution < 1.29 is 13.9 Å². The molecule has 2 aromatic carbocycles. The van der Waals surface area contributed by atoms with Crippen molar-refractivity contribution >= 4 is 33.0 Å². The molecule has 3 aromatic rings. The molecule has 1 atom stereocenters. The molecule has 1 heterocycles. The molecule has 0 amide bonds. The van der Waals surface area contributed by atoms with E-state index in [1.807, 2.05) is 0 Å². The van der Waals surface area contributed by atoms with Crippen molar-refractivity contribution in [3.8, 4) is 0 Å². The van der Waals surface area contributed by atoms with E-state index >= 15 is 0 Å². The van der Waals surface area contributed by atoms with Crippen LogP contribution >= 0.6 is 22.9 Å². The molecule has 1 N–H and O–H groups in total. The first-order valence-corrected chi connectivity index (χ1v) is 7.06. The summed E-state index contributed by atoms with van der Waals surface area (Å²) in [5.41, 5.74) is 0.304. The molecule has 0 spiro atoms. The number of hydrogen-bond donors (Lipinski definition) is 1. The molecule has 1 aromatic heterocycles. The van der Waals surface area contributed by atoms with Crippen molar-refractivity contribution in [2.24, 2.45) is 0 Å². The summed E-state index contributed by atoms with van der Waals surface area (Å²) in [6, 6.07) is 10.0. The van der Waals surface area contributed by atoms with E-state index in [0.29, 0.717) is 15.5 Å². The normalized spacial score (nSPS) is 12.8. The smallest absolute Gasteiger partial charge is 0.124 e. The minimum absolute atomic E-state index is 0.294. The van der Waals surface area contributed by atoms with E-state index in [1.165, 1.54) is 41.7 Å². The van der Waals surface area contributed by atoms with Gasteiger partial charge in [-0.2, -0.15) is 0 Å². The largest absolute Gasteiger partial charge is 0.383 e. The quantitative estimate of drug-likeness (QED) is 0.712. The molecular weight excluding hydrogens is 302 g/mol. The van der Waals surface area contributed by atoms with Gasteiger partial charge in [0, 0.05) is 20.2 Å². The van der Waals surface area contributed by atoms with Crippen LogP contribution in [0.3, 0.4) is 0 Å². The van der Waals surface area contributed by atoms with Crippen LogP contribution in [-0.4, -0.2) is 5.11 Å². The number of thiophene rings is 1. The summed E-state index contributed by atoms with van der Waals surface area (Å²) in [5, 5.41) is 11.5. The van der Waals surface area contributed by atoms with E-state index in [0.717, 1.165) is 10.1 Å². The summed E-state index contributed by atoms with van der Waals surface area (Å²) >= 11 is 7.24. The van der Waals surface area contributed by atoms with Gasteiger partial charge in [-0.25, -0.2) is 8.78 Å². The Hall–Kier alpha value is -1.49. The van der Waals surface area contributed by atoms with Crippen LogP contribution in [0.5, 0.6) is 0 Å². The fourth-order valence-electron chi connectivity index (χ4n) is 2.04. The molecule has 3 rings (SSSR count). The lowest BCUT2D eigenvalue weighted by Gasteiger charge is -2.10. The van der Waals surface area contributed by atoms with Crippen LogP contribution < -0.4 is 0 Å². The summed E-state index contributed by atoms with van der Waals surface area (Å²) in [6.07, 6.45) is -1.03. The van der Waals surface area contributed by atoms with Crippen molar-refractivity contribution in [2.45, 2.75) is 6.10 Å². The number of aliphatic hydroxyl groups is 1. The second-order valence-corrected chi connectivity index (χ2v) is 5.92. The number of fused-ring (bicyclic) bond motifs is 1. The van der Waals surface area contributed by atoms with Crippen LogP contribution in [0.4, 0.5) is 8.78 Å². The molecular formula is C15H9ClF2OS. The summed E-state index contributed by atoms with van der Waals surface area (Å²) < 4.78 is 27.2. The van der Waals surface area contributed by atoms with Crippen LogP contribution in [0, 0.1) is 11.6 Å². The number of hydrogen-bond acceptors (Lipinski definition) is 2. The zero-order valence-corrected chi connectivity index (χ0v) is 11.7. The number of aliphatic hydroxyl groups excluding tert-OH is 1. The molecule has 0 fully saturated rings. The zero-order chi connectivity index (χ0) is 14.3. The molecule has 0 radical (unpaired) electrons. The third-order valence-corrected chi connectivity index (χ3v) is 4.52. The predicted molar refractivity (Wildman–Crippen MR) is 77.3 cm³/mol. The van der Waals surface area contributed by atoms with Gasteiger partial charge in [0.25, 0.3) is 0 Å². The van der Waals surface area contributed by atoms with Gasteiger partial charge in [0.05, 0.1) is 0 Å². The van der Waals surface area contributed by atoms with Crippen molar-refractivity contribution in [2.75, 3.05) is 0 Å². The van der Waals surface area contributed by atoms with E-state index in [9.17, 15) is 13.9 Å². The molecule has 0 aliphatic rings. The van der Waals surface area contributed by atoms with Gasteiger partial charge in [0.15, 0.2) is 0 Å². The molecule has 0 saturated heterocycles. The number of benzene rings is 2. The van der Waals surface area contributed by atoms with Crippen molar-refractivity contribution in [3.63, 3.8) is 0 Å². The Morgan fingerprint density at radius 3 is 2.50 bits per heavy atom. The van der Waals surface area contributed by atoms with Crippen molar-refractivity contribution in [1.82, 2.24) is 0 Å². The Balaban J connectivity index is 2.07. The molecule has 102 valence electrons. The van der Waals surface area contributed by atoms with Crippen molar-refractivity contribution in [3.05, 3.63) is 69.6 Å². The van der Waals surface area contributed by atoms with Gasteiger partial charge in [0.2, 0.25) is 0 Å². The fourth-order valence-corrected chi connectivity index (χ4v) is 3.35. The van der Waals surface area contributed by atoms with E-state index < -0.39 is 11.9 Å². The van der Waals surface area contributed by atoms with E-state index in [-0.39, 0.29) is 5.82 Å². The van der Waals surface area contributed by atoms with E-state index in [4.69, 9.17) is 11.6 Å². The maximum atomic E-state index is 13.3. The first-order valence-electron chi connectivity index (χ1n) is 5.86. The Labute approximate surface area is 123 Å². The van der Waals surface area contributed by atoms with Gasteiger partial charge in [-0.3, -0.25) is 0 Å². The Morgan fingerprint density at radius 1 is 1.00 bits per heavy atom. The fraction of sp³-hybridized carbons (Fsp3) is 0.0667. The van der Waals surface area contributed by atoms with Gasteiger partial charge in [-0.1, -0.05) is 17.7 Å². The summed E-state index contributed by atoms with van der Waals surface area (Å²) in [5.74, 6) is -0.792. The highest BCUT2D eigenvalue weighted by Crippen LogP contribution is 2.36. The van der Waals surface area contributed by atoms with Crippen LogP contribution in [0.15, 0.2) is 42.5 Å². The monoisotopic (exact) mass is 310 g/mol. The van der Waals surface area contributed by atoms with Crippen molar-refractivity contribution in [1.29, 1.82) is 0 Å². The average Bonchev–Trinajstić information content (AvgIpc) is 2.83. The Morgan fingerprint density at radius 2 is 1.70 bits per heavy atom. The summed E-state index contributed by atoms with van der Waals surface area (Å²) in [6.45, 7) is 0. The van der Waals surface area contributed by atoms with Gasteiger partial charge in [0.1, 0.15) is 17.7 Å². The average molecular weight is 311 g/mol. The maximum Gasteiger partial charge on any atom is 0.124 e. The summed E-state index contributed by atoms with van der Waals surface area (Å²) in [4.78, 5) is 0.595.